The Bertz CT molecular complexity index is 1020. The second-order valence-corrected chi connectivity index (χ2v) is 7.71. The molecule has 2 aromatic heterocycles. The summed E-state index contributed by atoms with van der Waals surface area (Å²) in [5.74, 6) is -3.14. The first-order valence-corrected chi connectivity index (χ1v) is 9.52. The fourth-order valence-electron chi connectivity index (χ4n) is 4.41. The summed E-state index contributed by atoms with van der Waals surface area (Å²) >= 11 is 0. The van der Waals surface area contributed by atoms with Crippen molar-refractivity contribution in [3.05, 3.63) is 12.7 Å². The fraction of sp³-hybridized carbons (Fsp3) is 0.647. The maximum absolute atomic E-state index is 11.9. The van der Waals surface area contributed by atoms with Gasteiger partial charge in [-0.3, -0.25) is 4.57 Å². The van der Waals surface area contributed by atoms with Crippen LogP contribution in [0.2, 0.25) is 0 Å². The van der Waals surface area contributed by atoms with Crippen molar-refractivity contribution < 1.29 is 44.2 Å². The first kappa shape index (κ1) is 20.4. The molecule has 0 bridgehead atoms. The third-order valence-corrected chi connectivity index (χ3v) is 6.01. The van der Waals surface area contributed by atoms with E-state index in [2.05, 4.69) is 19.7 Å². The lowest BCUT2D eigenvalue weighted by Crippen LogP contribution is -2.72. The summed E-state index contributed by atoms with van der Waals surface area (Å²) in [6, 6.07) is 0. The Hall–Kier alpha value is -2.46. The number of aliphatic hydroxyl groups is 4. The Balaban J connectivity index is 1.44. The number of carbonyl (C=O) groups excluding carboxylic acids is 1. The molecular weight excluding hydrogens is 418 g/mol. The number of esters is 1. The van der Waals surface area contributed by atoms with E-state index in [0.29, 0.717) is 11.2 Å². The van der Waals surface area contributed by atoms with Crippen LogP contribution >= 0.6 is 0 Å². The van der Waals surface area contributed by atoms with Crippen molar-refractivity contribution in [2.24, 2.45) is 0 Å². The molecule has 0 spiro atoms. The molecule has 9 atom stereocenters. The topological polar surface area (TPSA) is 205 Å². The van der Waals surface area contributed by atoms with Crippen LogP contribution in [0, 0.1) is 0 Å². The van der Waals surface area contributed by atoms with Crippen LogP contribution in [0.3, 0.4) is 0 Å². The zero-order valence-corrected chi connectivity index (χ0v) is 16.2. The van der Waals surface area contributed by atoms with Gasteiger partial charge in [-0.25, -0.2) is 19.7 Å². The molecular formula is C17H21N5O9. The van der Waals surface area contributed by atoms with Crippen molar-refractivity contribution in [1.82, 2.24) is 19.5 Å². The van der Waals surface area contributed by atoms with Crippen molar-refractivity contribution in [3.8, 4) is 0 Å². The maximum Gasteiger partial charge on any atom is 0.337 e. The fourth-order valence-corrected chi connectivity index (χ4v) is 4.41. The van der Waals surface area contributed by atoms with E-state index in [4.69, 9.17) is 19.9 Å². The zero-order valence-electron chi connectivity index (χ0n) is 16.2. The zero-order chi connectivity index (χ0) is 22.1. The van der Waals surface area contributed by atoms with E-state index in [0.717, 1.165) is 7.11 Å². The van der Waals surface area contributed by atoms with Gasteiger partial charge in [0.2, 0.25) is 5.79 Å². The minimum atomic E-state index is -2.38. The molecule has 3 saturated heterocycles. The van der Waals surface area contributed by atoms with Gasteiger partial charge in [-0.2, -0.15) is 0 Å². The molecule has 2 aromatic rings. The molecule has 5 heterocycles. The summed E-state index contributed by atoms with van der Waals surface area (Å²) < 4.78 is 23.1. The molecule has 3 aliphatic rings. The first-order valence-electron chi connectivity index (χ1n) is 9.52. The average molecular weight is 439 g/mol. The molecule has 0 unspecified atom stereocenters. The summed E-state index contributed by atoms with van der Waals surface area (Å²) in [6.45, 7) is 0. The third kappa shape index (κ3) is 2.84. The van der Waals surface area contributed by atoms with E-state index < -0.39 is 60.7 Å². The molecule has 6 N–H and O–H groups in total. The first-order chi connectivity index (χ1) is 14.8. The van der Waals surface area contributed by atoms with Gasteiger partial charge >= 0.3 is 5.97 Å². The minimum absolute atomic E-state index is 0.0459. The van der Waals surface area contributed by atoms with Gasteiger partial charge in [-0.1, -0.05) is 0 Å². The molecule has 0 aromatic carbocycles. The Morgan fingerprint density at radius 3 is 2.77 bits per heavy atom. The quantitative estimate of drug-likeness (QED) is 0.293. The number of nitrogen functional groups attached to an aromatic ring is 1. The van der Waals surface area contributed by atoms with Gasteiger partial charge in [0.15, 0.2) is 23.8 Å². The van der Waals surface area contributed by atoms with E-state index in [1.54, 1.807) is 0 Å². The minimum Gasteiger partial charge on any atom is -0.467 e. The van der Waals surface area contributed by atoms with Crippen LogP contribution in [0.5, 0.6) is 0 Å². The summed E-state index contributed by atoms with van der Waals surface area (Å²) in [7, 11) is 1.10. The second kappa shape index (κ2) is 7.03. The summed E-state index contributed by atoms with van der Waals surface area (Å²) in [5.41, 5.74) is 6.45. The molecule has 0 amide bonds. The molecule has 31 heavy (non-hydrogen) atoms. The third-order valence-electron chi connectivity index (χ3n) is 6.01. The van der Waals surface area contributed by atoms with Gasteiger partial charge in [0.1, 0.15) is 42.4 Å². The SMILES string of the molecule is COC(=O)[C@H]1O[C@@H]2C[C@H]3O[C@@H](n4cnc5c(N)ncnc54)[C@@H](O)[C@@H]3O[C@]2(O)[C@@H](O)[C@@H]1O. The normalized spacial score (nSPS) is 42.2. The number of imidazole rings is 1. The lowest BCUT2D eigenvalue weighted by atomic mass is 9.84. The number of rotatable bonds is 2. The van der Waals surface area contributed by atoms with E-state index >= 15 is 0 Å². The number of ether oxygens (including phenoxy) is 4. The number of fused-ring (bicyclic) bond motifs is 3. The van der Waals surface area contributed by atoms with Crippen LogP contribution in [-0.4, -0.2) is 102 Å². The lowest BCUT2D eigenvalue weighted by Gasteiger charge is -2.51. The average Bonchev–Trinajstić information content (AvgIpc) is 3.31. The maximum atomic E-state index is 11.9. The molecule has 0 saturated carbocycles. The van der Waals surface area contributed by atoms with E-state index in [-0.39, 0.29) is 12.2 Å². The Morgan fingerprint density at radius 1 is 1.26 bits per heavy atom. The molecule has 3 aliphatic heterocycles. The number of anilines is 1. The Morgan fingerprint density at radius 2 is 2.03 bits per heavy atom. The van der Waals surface area contributed by atoms with Gasteiger partial charge in [-0.15, -0.1) is 0 Å². The van der Waals surface area contributed by atoms with Gasteiger partial charge in [0, 0.05) is 6.42 Å². The number of nitrogens with two attached hydrogens (primary N) is 1. The lowest BCUT2D eigenvalue weighted by molar-refractivity contribution is -0.397. The standard InChI is InChI=1S/C17H21N5O9/c1-28-16(26)11-8(23)12(25)17(27)6(30-11)2-5-10(31-17)9(24)15(29-5)22-4-21-7-13(18)19-3-20-14(7)22/h3-6,8-12,15,23-25,27H,2H2,1H3,(H2,18,19,20)/t5-,6-,8-,9+,10-,11+,12+,15-,17+/m1/s1. The van der Waals surface area contributed by atoms with Gasteiger partial charge in [0.05, 0.1) is 19.5 Å². The Labute approximate surface area is 174 Å². The number of hydrogen-bond acceptors (Lipinski definition) is 13. The van der Waals surface area contributed by atoms with Gasteiger partial charge in [-0.05, 0) is 0 Å². The van der Waals surface area contributed by atoms with E-state index in [1.807, 2.05) is 0 Å². The number of methoxy groups -OCH3 is 1. The van der Waals surface area contributed by atoms with Crippen LogP contribution < -0.4 is 5.73 Å². The molecule has 5 rings (SSSR count). The highest BCUT2D eigenvalue weighted by Crippen LogP contribution is 2.46. The Kier molecular flexibility index (Phi) is 4.63. The molecule has 14 nitrogen and oxygen atoms in total. The monoisotopic (exact) mass is 439 g/mol. The van der Waals surface area contributed by atoms with Crippen molar-refractivity contribution in [2.75, 3.05) is 12.8 Å². The van der Waals surface area contributed by atoms with Crippen LogP contribution in [-0.2, 0) is 23.7 Å². The molecule has 3 fully saturated rings. The molecule has 168 valence electrons. The number of aromatic nitrogens is 4. The summed E-state index contributed by atoms with van der Waals surface area (Å²) in [6.07, 6.45) is -8.04. The number of carbonyl (C=O) groups is 1. The number of aliphatic hydroxyl groups excluding tert-OH is 3. The van der Waals surface area contributed by atoms with Crippen molar-refractivity contribution in [1.29, 1.82) is 0 Å². The van der Waals surface area contributed by atoms with Gasteiger partial charge in [0.25, 0.3) is 0 Å². The summed E-state index contributed by atoms with van der Waals surface area (Å²) in [5, 5.41) is 42.6. The smallest absolute Gasteiger partial charge is 0.337 e. The van der Waals surface area contributed by atoms with Crippen LogP contribution in [0.15, 0.2) is 12.7 Å². The van der Waals surface area contributed by atoms with Crippen LogP contribution in [0.1, 0.15) is 12.6 Å². The van der Waals surface area contributed by atoms with Crippen LogP contribution in [0.25, 0.3) is 11.2 Å². The van der Waals surface area contributed by atoms with Crippen molar-refractivity contribution >= 4 is 23.0 Å². The highest BCUT2D eigenvalue weighted by atomic mass is 16.7. The molecule has 0 aliphatic carbocycles. The molecule has 14 heteroatoms. The molecule has 0 radical (unpaired) electrons. The highest BCUT2D eigenvalue weighted by molar-refractivity contribution is 5.81. The van der Waals surface area contributed by atoms with Gasteiger partial charge < -0.3 is 45.1 Å². The van der Waals surface area contributed by atoms with Crippen molar-refractivity contribution in [2.45, 2.75) is 61.2 Å². The van der Waals surface area contributed by atoms with E-state index in [1.165, 1.54) is 17.2 Å². The highest BCUT2D eigenvalue weighted by Gasteiger charge is 2.65. The predicted octanol–water partition coefficient (Wildman–Crippen LogP) is -3.19. The largest absolute Gasteiger partial charge is 0.467 e. The van der Waals surface area contributed by atoms with Crippen molar-refractivity contribution in [3.63, 3.8) is 0 Å². The van der Waals surface area contributed by atoms with E-state index in [9.17, 15) is 25.2 Å². The van der Waals surface area contributed by atoms with Crippen LogP contribution in [0.4, 0.5) is 5.82 Å². The number of nitrogens with zero attached hydrogens (tertiary/aromatic N) is 4. The summed E-state index contributed by atoms with van der Waals surface area (Å²) in [4.78, 5) is 24.0. The second-order valence-electron chi connectivity index (χ2n) is 7.71. The number of hydrogen-bond donors (Lipinski definition) is 5. The predicted molar refractivity (Wildman–Crippen MR) is 96.8 cm³/mol.